The molecule has 0 spiro atoms. The molecule has 1 rings (SSSR count). The van der Waals surface area contributed by atoms with E-state index in [9.17, 15) is 9.18 Å². The van der Waals surface area contributed by atoms with Gasteiger partial charge in [0.15, 0.2) is 5.78 Å². The van der Waals surface area contributed by atoms with E-state index in [4.69, 9.17) is 0 Å². The van der Waals surface area contributed by atoms with Crippen molar-refractivity contribution in [3.63, 3.8) is 0 Å². The third-order valence-corrected chi connectivity index (χ3v) is 2.07. The number of rotatable bonds is 3. The minimum Gasteiger partial charge on any atom is -0.294 e. The fourth-order valence-electron chi connectivity index (χ4n) is 1.31. The maximum Gasteiger partial charge on any atom is 0.162 e. The lowest BCUT2D eigenvalue weighted by Crippen LogP contribution is -2.02. The maximum absolute atomic E-state index is 12.8. The fourth-order valence-corrected chi connectivity index (χ4v) is 1.31. The molecule has 0 aliphatic carbocycles. The van der Waals surface area contributed by atoms with Gasteiger partial charge in [-0.15, -0.1) is 0 Å². The Labute approximate surface area is 77.6 Å². The van der Waals surface area contributed by atoms with E-state index in [0.29, 0.717) is 12.0 Å². The second-order valence-corrected chi connectivity index (χ2v) is 2.93. The summed E-state index contributed by atoms with van der Waals surface area (Å²) in [5.74, 6) is -0.328. The Morgan fingerprint density at radius 1 is 1.38 bits per heavy atom. The summed E-state index contributed by atoms with van der Waals surface area (Å²) in [5.41, 5.74) is 1.46. The van der Waals surface area contributed by atoms with Crippen LogP contribution in [0.1, 0.15) is 36.2 Å². The average molecular weight is 180 g/mol. The van der Waals surface area contributed by atoms with Gasteiger partial charge in [0.25, 0.3) is 0 Å². The first kappa shape index (κ1) is 9.90. The smallest absolute Gasteiger partial charge is 0.162 e. The molecule has 0 unspecified atom stereocenters. The van der Waals surface area contributed by atoms with Crippen LogP contribution in [0.25, 0.3) is 0 Å². The predicted octanol–water partition coefficient (Wildman–Crippen LogP) is 2.98. The van der Waals surface area contributed by atoms with Gasteiger partial charge in [-0.3, -0.25) is 4.79 Å². The van der Waals surface area contributed by atoms with Gasteiger partial charge in [-0.2, -0.15) is 0 Å². The summed E-state index contributed by atoms with van der Waals surface area (Å²) in [6.07, 6.45) is 1.19. The molecule has 1 aromatic rings. The summed E-state index contributed by atoms with van der Waals surface area (Å²) in [5, 5.41) is 0. The van der Waals surface area contributed by atoms with Crippen LogP contribution < -0.4 is 0 Å². The normalized spacial score (nSPS) is 10.1. The van der Waals surface area contributed by atoms with Crippen LogP contribution in [0.4, 0.5) is 4.39 Å². The summed E-state index contributed by atoms with van der Waals surface area (Å²) < 4.78 is 12.8. The van der Waals surface area contributed by atoms with Gasteiger partial charge in [-0.1, -0.05) is 19.9 Å². The number of benzene rings is 1. The molecule has 0 saturated carbocycles. The van der Waals surface area contributed by atoms with E-state index in [0.717, 1.165) is 12.0 Å². The molecule has 0 fully saturated rings. The number of carbonyl (C=O) groups is 1. The number of ketones is 1. The van der Waals surface area contributed by atoms with Crippen LogP contribution in [-0.4, -0.2) is 5.78 Å². The van der Waals surface area contributed by atoms with Crippen LogP contribution in [0, 0.1) is 5.82 Å². The largest absolute Gasteiger partial charge is 0.294 e. The summed E-state index contributed by atoms with van der Waals surface area (Å²) in [4.78, 5) is 11.4. The monoisotopic (exact) mass is 180 g/mol. The highest BCUT2D eigenvalue weighted by molar-refractivity contribution is 5.97. The second-order valence-electron chi connectivity index (χ2n) is 2.93. The van der Waals surface area contributed by atoms with Crippen LogP contribution in [0.5, 0.6) is 0 Å². The van der Waals surface area contributed by atoms with Gasteiger partial charge in [0.05, 0.1) is 0 Å². The molecule has 0 amide bonds. The van der Waals surface area contributed by atoms with Crippen LogP contribution >= 0.6 is 0 Å². The van der Waals surface area contributed by atoms with E-state index in [2.05, 4.69) is 0 Å². The number of Topliss-reactive ketones (excluding diaryl/α,β-unsaturated/α-hetero) is 1. The maximum atomic E-state index is 12.8. The van der Waals surface area contributed by atoms with Crippen molar-refractivity contribution in [1.29, 1.82) is 0 Å². The Kier molecular flexibility index (Phi) is 3.18. The van der Waals surface area contributed by atoms with Gasteiger partial charge in [-0.25, -0.2) is 4.39 Å². The molecule has 0 aliphatic rings. The minimum atomic E-state index is -0.339. The van der Waals surface area contributed by atoms with Crippen molar-refractivity contribution in [2.75, 3.05) is 0 Å². The lowest BCUT2D eigenvalue weighted by atomic mass is 10.0. The van der Waals surface area contributed by atoms with E-state index in [1.807, 2.05) is 6.92 Å². The highest BCUT2D eigenvalue weighted by Gasteiger charge is 2.08. The summed E-state index contributed by atoms with van der Waals surface area (Å²) in [6, 6.07) is 4.40. The molecule has 0 bridgehead atoms. The third-order valence-electron chi connectivity index (χ3n) is 2.07. The van der Waals surface area contributed by atoms with Crippen molar-refractivity contribution in [3.8, 4) is 0 Å². The molecule has 0 radical (unpaired) electrons. The highest BCUT2D eigenvalue weighted by Crippen LogP contribution is 2.13. The molecule has 0 N–H and O–H groups in total. The molecule has 2 heteroatoms. The Morgan fingerprint density at radius 3 is 2.62 bits per heavy atom. The van der Waals surface area contributed by atoms with Crippen molar-refractivity contribution in [3.05, 3.63) is 35.1 Å². The van der Waals surface area contributed by atoms with E-state index in [-0.39, 0.29) is 11.6 Å². The first-order chi connectivity index (χ1) is 6.19. The molecule has 0 heterocycles. The van der Waals surface area contributed by atoms with Crippen LogP contribution in [-0.2, 0) is 6.42 Å². The summed E-state index contributed by atoms with van der Waals surface area (Å²) >= 11 is 0. The van der Waals surface area contributed by atoms with Crippen molar-refractivity contribution in [1.82, 2.24) is 0 Å². The van der Waals surface area contributed by atoms with Gasteiger partial charge in [0, 0.05) is 12.0 Å². The molecule has 13 heavy (non-hydrogen) atoms. The quantitative estimate of drug-likeness (QED) is 0.653. The van der Waals surface area contributed by atoms with Crippen molar-refractivity contribution < 1.29 is 9.18 Å². The van der Waals surface area contributed by atoms with Crippen molar-refractivity contribution in [2.45, 2.75) is 26.7 Å². The molecule has 1 aromatic carbocycles. The van der Waals surface area contributed by atoms with Crippen LogP contribution in [0.15, 0.2) is 18.2 Å². The summed E-state index contributed by atoms with van der Waals surface area (Å²) in [6.45, 7) is 3.74. The first-order valence-electron chi connectivity index (χ1n) is 4.50. The molecular formula is C11H13FO. The number of halogens is 1. The first-order valence-corrected chi connectivity index (χ1v) is 4.50. The molecule has 1 nitrogen and oxygen atoms in total. The average Bonchev–Trinajstić information content (AvgIpc) is 2.16. The Bertz CT molecular complexity index is 318. The van der Waals surface area contributed by atoms with Crippen LogP contribution in [0.3, 0.4) is 0 Å². The zero-order chi connectivity index (χ0) is 9.84. The van der Waals surface area contributed by atoms with E-state index < -0.39 is 0 Å². The van der Waals surface area contributed by atoms with E-state index >= 15 is 0 Å². The zero-order valence-corrected chi connectivity index (χ0v) is 7.93. The van der Waals surface area contributed by atoms with E-state index in [1.165, 1.54) is 12.1 Å². The molecule has 0 atom stereocenters. The predicted molar refractivity (Wildman–Crippen MR) is 50.4 cm³/mol. The topological polar surface area (TPSA) is 17.1 Å². The Morgan fingerprint density at radius 2 is 2.08 bits per heavy atom. The van der Waals surface area contributed by atoms with Gasteiger partial charge < -0.3 is 0 Å². The zero-order valence-electron chi connectivity index (χ0n) is 7.93. The molecule has 0 saturated heterocycles. The van der Waals surface area contributed by atoms with Gasteiger partial charge in [0.2, 0.25) is 0 Å². The second kappa shape index (κ2) is 4.17. The number of hydrogen-bond acceptors (Lipinski definition) is 1. The third kappa shape index (κ3) is 2.14. The number of hydrogen-bond donors (Lipinski definition) is 0. The van der Waals surface area contributed by atoms with Crippen LogP contribution in [0.2, 0.25) is 0 Å². The lowest BCUT2D eigenvalue weighted by Gasteiger charge is -2.04. The highest BCUT2D eigenvalue weighted by atomic mass is 19.1. The van der Waals surface area contributed by atoms with Crippen molar-refractivity contribution >= 4 is 5.78 Å². The molecule has 0 aromatic heterocycles. The number of aryl methyl sites for hydroxylation is 1. The summed E-state index contributed by atoms with van der Waals surface area (Å²) in [7, 11) is 0. The standard InChI is InChI=1S/C11H13FO/c1-3-8-5-6-9(12)7-10(8)11(13)4-2/h5-7H,3-4H2,1-2H3. The van der Waals surface area contributed by atoms with Gasteiger partial charge in [-0.05, 0) is 24.1 Å². The number of carbonyl (C=O) groups excluding carboxylic acids is 1. The SMILES string of the molecule is CCC(=O)c1cc(F)ccc1CC. The van der Waals surface area contributed by atoms with Crippen molar-refractivity contribution in [2.24, 2.45) is 0 Å². The minimum absolute atomic E-state index is 0.0105. The van der Waals surface area contributed by atoms with Gasteiger partial charge in [0.1, 0.15) is 5.82 Å². The molecular weight excluding hydrogens is 167 g/mol. The fraction of sp³-hybridized carbons (Fsp3) is 0.364. The molecule has 70 valence electrons. The molecule has 0 aliphatic heterocycles. The lowest BCUT2D eigenvalue weighted by molar-refractivity contribution is 0.0987. The Hall–Kier alpha value is -1.18. The van der Waals surface area contributed by atoms with Gasteiger partial charge >= 0.3 is 0 Å². The Balaban J connectivity index is 3.15. The van der Waals surface area contributed by atoms with E-state index in [1.54, 1.807) is 13.0 Å².